The van der Waals surface area contributed by atoms with E-state index in [2.05, 4.69) is 73.6 Å². The summed E-state index contributed by atoms with van der Waals surface area (Å²) in [6.45, 7) is 18.8. The number of benzene rings is 1. The number of aryl methyl sites for hydroxylation is 2. The maximum Gasteiger partial charge on any atom is 0.0706 e. The van der Waals surface area contributed by atoms with E-state index in [0.717, 1.165) is 5.92 Å². The normalized spacial score (nSPS) is 22.3. The Hall–Kier alpha value is -1.08. The molecule has 0 nitrogen and oxygen atoms in total. The van der Waals surface area contributed by atoms with Gasteiger partial charge < -0.3 is 0 Å². The van der Waals surface area contributed by atoms with Crippen molar-refractivity contribution in [2.45, 2.75) is 73.3 Å². The van der Waals surface area contributed by atoms with Gasteiger partial charge >= 0.3 is 0 Å². The molecule has 2 rings (SSSR count). The summed E-state index contributed by atoms with van der Waals surface area (Å²) in [5.41, 5.74) is 9.35. The van der Waals surface area contributed by atoms with E-state index in [1.807, 2.05) is 0 Å². The van der Waals surface area contributed by atoms with Crippen molar-refractivity contribution in [3.8, 4) is 0 Å². The van der Waals surface area contributed by atoms with E-state index in [1.165, 1.54) is 24.0 Å². The molecule has 1 aliphatic carbocycles. The molecule has 0 saturated carbocycles. The Morgan fingerprint density at radius 1 is 0.913 bits per heavy atom. The second-order valence-electron chi connectivity index (χ2n) is 8.29. The van der Waals surface area contributed by atoms with Gasteiger partial charge in [0.2, 0.25) is 0 Å². The van der Waals surface area contributed by atoms with Crippen molar-refractivity contribution in [1.29, 1.82) is 0 Å². The Balaban J connectivity index is 2.39. The molecule has 0 bridgehead atoms. The monoisotopic (exact) mass is 326 g/mol. The zero-order valence-corrected chi connectivity index (χ0v) is 17.8. The number of hydrogen-bond donors (Lipinski definition) is 0. The second-order valence-corrected chi connectivity index (χ2v) is 10.9. The minimum absolute atomic E-state index is 0.337. The molecule has 0 aliphatic heterocycles. The Labute approximate surface area is 145 Å². The number of allylic oxidation sites excluding steroid dienone is 4. The third kappa shape index (κ3) is 3.71. The molecule has 1 heteroatoms. The largest absolute Gasteiger partial charge is 0.0706 e. The van der Waals surface area contributed by atoms with Crippen molar-refractivity contribution >= 4 is 14.7 Å². The van der Waals surface area contributed by atoms with Gasteiger partial charge in [-0.25, -0.2) is 0 Å². The molecule has 1 unspecified atom stereocenters. The first kappa shape index (κ1) is 18.3. The van der Waals surface area contributed by atoms with Gasteiger partial charge in [-0.3, -0.25) is 0 Å². The van der Waals surface area contributed by atoms with Crippen LogP contribution in [0, 0.1) is 19.8 Å². The first-order valence-corrected chi connectivity index (χ1v) is 10.5. The maximum absolute atomic E-state index is 2.53. The van der Waals surface area contributed by atoms with Gasteiger partial charge in [-0.1, -0.05) is 66.4 Å². The SMILES string of the molecule is CC1=C(C)C(C)([SiH2]c2cc(C)cc(C)c2)C(CCC(C)C)=C1C. The van der Waals surface area contributed by atoms with Crippen LogP contribution in [0.4, 0.5) is 0 Å². The first-order valence-electron chi connectivity index (χ1n) is 9.11. The van der Waals surface area contributed by atoms with Gasteiger partial charge in [0.15, 0.2) is 0 Å². The van der Waals surface area contributed by atoms with Gasteiger partial charge in [0, 0.05) is 5.04 Å². The highest BCUT2D eigenvalue weighted by Crippen LogP contribution is 2.53. The summed E-state index contributed by atoms with van der Waals surface area (Å²) < 4.78 is 0. The number of rotatable bonds is 5. The lowest BCUT2D eigenvalue weighted by atomic mass is 9.90. The minimum Gasteiger partial charge on any atom is -0.0651 e. The molecular formula is C22H34Si. The lowest BCUT2D eigenvalue weighted by Crippen LogP contribution is -2.30. The van der Waals surface area contributed by atoms with E-state index < -0.39 is 9.52 Å². The van der Waals surface area contributed by atoms with Crippen molar-refractivity contribution in [3.63, 3.8) is 0 Å². The molecule has 23 heavy (non-hydrogen) atoms. The quantitative estimate of drug-likeness (QED) is 0.637. The van der Waals surface area contributed by atoms with E-state index >= 15 is 0 Å². The highest BCUT2D eigenvalue weighted by molar-refractivity contribution is 6.59. The van der Waals surface area contributed by atoms with Crippen LogP contribution in [0.1, 0.15) is 65.5 Å². The Bertz CT molecular complexity index is 640. The van der Waals surface area contributed by atoms with Gasteiger partial charge in [0.25, 0.3) is 0 Å². The van der Waals surface area contributed by atoms with Crippen LogP contribution in [0.3, 0.4) is 0 Å². The van der Waals surface area contributed by atoms with Gasteiger partial charge in [-0.15, -0.1) is 0 Å². The number of hydrogen-bond acceptors (Lipinski definition) is 0. The summed E-state index contributed by atoms with van der Waals surface area (Å²) in [7, 11) is -0.393. The molecule has 126 valence electrons. The molecule has 0 saturated heterocycles. The van der Waals surface area contributed by atoms with Crippen LogP contribution in [-0.4, -0.2) is 9.52 Å². The highest BCUT2D eigenvalue weighted by atomic mass is 28.2. The van der Waals surface area contributed by atoms with Crippen molar-refractivity contribution < 1.29 is 0 Å². The predicted octanol–water partition coefficient (Wildman–Crippen LogP) is 5.38. The fraction of sp³-hybridized carbons (Fsp3) is 0.545. The molecular weight excluding hydrogens is 292 g/mol. The summed E-state index contributed by atoms with van der Waals surface area (Å²) in [4.78, 5) is 0. The summed E-state index contributed by atoms with van der Waals surface area (Å²) in [5, 5.41) is 1.96. The van der Waals surface area contributed by atoms with Crippen LogP contribution < -0.4 is 5.19 Å². The van der Waals surface area contributed by atoms with Gasteiger partial charge in [0.05, 0.1) is 9.52 Å². The minimum atomic E-state index is -0.393. The first-order chi connectivity index (χ1) is 10.6. The lowest BCUT2D eigenvalue weighted by molar-refractivity contribution is 0.568. The van der Waals surface area contributed by atoms with Gasteiger partial charge in [-0.2, -0.15) is 0 Å². The van der Waals surface area contributed by atoms with Crippen LogP contribution in [0.2, 0.25) is 5.04 Å². The van der Waals surface area contributed by atoms with Gasteiger partial charge in [0.1, 0.15) is 0 Å². The smallest absolute Gasteiger partial charge is 0.0651 e. The van der Waals surface area contributed by atoms with E-state index in [9.17, 15) is 0 Å². The molecule has 0 aromatic heterocycles. The summed E-state index contributed by atoms with van der Waals surface area (Å²) >= 11 is 0. The zero-order valence-electron chi connectivity index (χ0n) is 16.4. The lowest BCUT2D eigenvalue weighted by Gasteiger charge is -2.32. The van der Waals surface area contributed by atoms with Crippen LogP contribution in [0.5, 0.6) is 0 Å². The van der Waals surface area contributed by atoms with Crippen LogP contribution in [-0.2, 0) is 0 Å². The molecule has 1 aromatic rings. The topological polar surface area (TPSA) is 0 Å². The molecule has 0 N–H and O–H groups in total. The average Bonchev–Trinajstić information content (AvgIpc) is 2.57. The fourth-order valence-electron chi connectivity index (χ4n) is 4.28. The molecule has 0 radical (unpaired) electrons. The third-order valence-electron chi connectivity index (χ3n) is 5.88. The summed E-state index contributed by atoms with van der Waals surface area (Å²) in [6.07, 6.45) is 2.58. The Morgan fingerprint density at radius 2 is 1.48 bits per heavy atom. The Morgan fingerprint density at radius 3 is 2.00 bits per heavy atom. The van der Waals surface area contributed by atoms with Crippen molar-refractivity contribution in [2.24, 2.45) is 5.92 Å². The third-order valence-corrected chi connectivity index (χ3v) is 8.36. The fourth-order valence-corrected chi connectivity index (χ4v) is 7.13. The highest BCUT2D eigenvalue weighted by Gasteiger charge is 2.38. The zero-order chi connectivity index (χ0) is 17.4. The van der Waals surface area contributed by atoms with E-state index in [0.29, 0.717) is 5.04 Å². The summed E-state index contributed by atoms with van der Waals surface area (Å²) in [6, 6.07) is 7.16. The maximum atomic E-state index is 2.53. The average molecular weight is 327 g/mol. The molecule has 1 atom stereocenters. The van der Waals surface area contributed by atoms with Crippen molar-refractivity contribution in [3.05, 3.63) is 51.6 Å². The van der Waals surface area contributed by atoms with Gasteiger partial charge in [-0.05, 0) is 64.5 Å². The molecule has 1 aromatic carbocycles. The second kappa shape index (κ2) is 6.81. The van der Waals surface area contributed by atoms with Crippen LogP contribution in [0.15, 0.2) is 40.5 Å². The van der Waals surface area contributed by atoms with Crippen LogP contribution in [0.25, 0.3) is 0 Å². The van der Waals surface area contributed by atoms with E-state index in [-0.39, 0.29) is 0 Å². The van der Waals surface area contributed by atoms with Crippen LogP contribution >= 0.6 is 0 Å². The standard InChI is InChI=1S/C22H34Si/c1-14(2)9-10-21-18(6)17(5)19(7)22(21,8)23-20-12-15(3)11-16(4)13-20/h11-14H,9-10,23H2,1-8H3. The predicted molar refractivity (Wildman–Crippen MR) is 108 cm³/mol. The molecule has 0 amide bonds. The van der Waals surface area contributed by atoms with E-state index in [1.54, 1.807) is 27.5 Å². The Kier molecular flexibility index (Phi) is 5.40. The molecule has 0 heterocycles. The molecule has 1 aliphatic rings. The van der Waals surface area contributed by atoms with E-state index in [4.69, 9.17) is 0 Å². The molecule has 0 spiro atoms. The van der Waals surface area contributed by atoms with Crippen molar-refractivity contribution in [2.75, 3.05) is 0 Å². The summed E-state index contributed by atoms with van der Waals surface area (Å²) in [5.74, 6) is 0.781. The van der Waals surface area contributed by atoms with Crippen molar-refractivity contribution in [1.82, 2.24) is 0 Å². The molecule has 0 fully saturated rings.